The summed E-state index contributed by atoms with van der Waals surface area (Å²) in [5.41, 5.74) is 2.35. The lowest BCUT2D eigenvalue weighted by atomic mass is 9.95. The van der Waals surface area contributed by atoms with Crippen molar-refractivity contribution < 1.29 is 9.59 Å². The van der Waals surface area contributed by atoms with E-state index in [2.05, 4.69) is 50.4 Å². The molecule has 2 aromatic heterocycles. The molecule has 0 aliphatic carbocycles. The zero-order valence-corrected chi connectivity index (χ0v) is 28.2. The van der Waals surface area contributed by atoms with Crippen LogP contribution in [0.25, 0.3) is 10.8 Å². The standard InChI is InChI=1S/C34H45BrN8O2/c1-3-5-7-9-11-13-20-40-22-26(36-38-40)24-42(25-27-23-41(39-37-27)21-14-12-10-8-6-4-2)43-33(44)29-17-15-16-28-31(35)19-18-30(32(28)29)34(43)45/h15-19,22-23H,3-14,20-21,24-25H2,1-2H3. The van der Waals surface area contributed by atoms with Gasteiger partial charge in [-0.05, 0) is 36.4 Å². The van der Waals surface area contributed by atoms with Crippen molar-refractivity contribution >= 4 is 38.5 Å². The number of halogens is 1. The number of amides is 2. The van der Waals surface area contributed by atoms with Gasteiger partial charge in [-0.1, -0.05) is 117 Å². The summed E-state index contributed by atoms with van der Waals surface area (Å²) < 4.78 is 4.56. The van der Waals surface area contributed by atoms with E-state index in [0.29, 0.717) is 27.9 Å². The maximum absolute atomic E-state index is 14.0. The lowest BCUT2D eigenvalue weighted by Gasteiger charge is -2.35. The number of carbonyl (C=O) groups is 2. The summed E-state index contributed by atoms with van der Waals surface area (Å²) in [6, 6.07) is 9.20. The third-order valence-electron chi connectivity index (χ3n) is 8.46. The smallest absolute Gasteiger partial charge is 0.267 e. The molecule has 11 heteroatoms. The topological polar surface area (TPSA) is 102 Å². The Morgan fingerprint density at radius 2 is 1.18 bits per heavy atom. The number of imide groups is 1. The molecule has 4 aromatic rings. The maximum atomic E-state index is 14.0. The number of aromatic nitrogens is 6. The molecule has 0 atom stereocenters. The molecule has 2 aromatic carbocycles. The van der Waals surface area contributed by atoms with E-state index in [4.69, 9.17) is 0 Å². The number of nitrogens with zero attached hydrogens (tertiary/aromatic N) is 8. The first kappa shape index (κ1) is 32.9. The van der Waals surface area contributed by atoms with Crippen LogP contribution >= 0.6 is 15.9 Å². The Labute approximate surface area is 274 Å². The fourth-order valence-electron chi connectivity index (χ4n) is 6.02. The number of unbranched alkanes of at least 4 members (excludes halogenated alkanes) is 10. The highest BCUT2D eigenvalue weighted by Gasteiger charge is 2.37. The van der Waals surface area contributed by atoms with Crippen LogP contribution in [0.4, 0.5) is 0 Å². The third-order valence-corrected chi connectivity index (χ3v) is 9.15. The highest BCUT2D eigenvalue weighted by molar-refractivity contribution is 9.10. The molecule has 0 fully saturated rings. The Balaban J connectivity index is 1.33. The lowest BCUT2D eigenvalue weighted by molar-refractivity contribution is -0.0130. The van der Waals surface area contributed by atoms with E-state index in [9.17, 15) is 9.59 Å². The Hall–Kier alpha value is -3.44. The van der Waals surface area contributed by atoms with Crippen molar-refractivity contribution in [2.45, 2.75) is 117 Å². The van der Waals surface area contributed by atoms with Crippen molar-refractivity contribution in [2.24, 2.45) is 0 Å². The fourth-order valence-corrected chi connectivity index (χ4v) is 6.49. The van der Waals surface area contributed by atoms with Crippen LogP contribution in [0, 0.1) is 0 Å². The second kappa shape index (κ2) is 16.2. The van der Waals surface area contributed by atoms with E-state index < -0.39 is 0 Å². The summed E-state index contributed by atoms with van der Waals surface area (Å²) in [6.45, 7) is 6.47. The minimum absolute atomic E-state index is 0.222. The summed E-state index contributed by atoms with van der Waals surface area (Å²) in [5.74, 6) is -0.731. The van der Waals surface area contributed by atoms with E-state index in [-0.39, 0.29) is 24.9 Å². The van der Waals surface area contributed by atoms with Crippen LogP contribution in [0.3, 0.4) is 0 Å². The number of rotatable bonds is 19. The summed E-state index contributed by atoms with van der Waals surface area (Å²) >= 11 is 3.58. The molecule has 1 aliphatic rings. The van der Waals surface area contributed by atoms with Crippen LogP contribution in [0.1, 0.15) is 123 Å². The van der Waals surface area contributed by atoms with Crippen molar-refractivity contribution in [3.63, 3.8) is 0 Å². The van der Waals surface area contributed by atoms with Gasteiger partial charge in [0.15, 0.2) is 0 Å². The quantitative estimate of drug-likeness (QED) is 0.0740. The molecule has 0 saturated carbocycles. The summed E-state index contributed by atoms with van der Waals surface area (Å²) in [5, 5.41) is 22.0. The average Bonchev–Trinajstić information content (AvgIpc) is 3.69. The van der Waals surface area contributed by atoms with Gasteiger partial charge in [-0.25, -0.2) is 5.01 Å². The Bertz CT molecular complexity index is 1500. The number of benzene rings is 2. The van der Waals surface area contributed by atoms with Crippen molar-refractivity contribution in [3.05, 3.63) is 69.7 Å². The predicted octanol–water partition coefficient (Wildman–Crippen LogP) is 7.72. The molecule has 1 aliphatic heterocycles. The van der Waals surface area contributed by atoms with Crippen LogP contribution in [0.5, 0.6) is 0 Å². The van der Waals surface area contributed by atoms with Gasteiger partial charge in [0.05, 0.1) is 35.6 Å². The fraction of sp³-hybridized carbons (Fsp3) is 0.529. The number of hydrogen-bond donors (Lipinski definition) is 0. The monoisotopic (exact) mass is 676 g/mol. The normalized spacial score (nSPS) is 13.1. The Morgan fingerprint density at radius 1 is 0.667 bits per heavy atom. The largest absolute Gasteiger partial charge is 0.276 e. The number of hydrogen-bond acceptors (Lipinski definition) is 7. The Morgan fingerprint density at radius 3 is 1.73 bits per heavy atom. The van der Waals surface area contributed by atoms with Gasteiger partial charge in [0.25, 0.3) is 11.8 Å². The van der Waals surface area contributed by atoms with Crippen molar-refractivity contribution in [2.75, 3.05) is 0 Å². The zero-order chi connectivity index (χ0) is 31.6. The molecule has 45 heavy (non-hydrogen) atoms. The molecular weight excluding hydrogens is 632 g/mol. The lowest BCUT2D eigenvalue weighted by Crippen LogP contribution is -2.51. The van der Waals surface area contributed by atoms with Crippen LogP contribution in [-0.4, -0.2) is 51.8 Å². The minimum atomic E-state index is -0.366. The second-order valence-electron chi connectivity index (χ2n) is 12.0. The molecule has 240 valence electrons. The van der Waals surface area contributed by atoms with E-state index in [1.54, 1.807) is 17.1 Å². The van der Waals surface area contributed by atoms with Crippen LogP contribution in [-0.2, 0) is 26.2 Å². The molecule has 0 spiro atoms. The Kier molecular flexibility index (Phi) is 11.9. The first-order chi connectivity index (χ1) is 22.0. The highest BCUT2D eigenvalue weighted by atomic mass is 79.9. The van der Waals surface area contributed by atoms with Gasteiger partial charge in [-0.3, -0.25) is 19.0 Å². The highest BCUT2D eigenvalue weighted by Crippen LogP contribution is 2.35. The zero-order valence-electron chi connectivity index (χ0n) is 26.6. The maximum Gasteiger partial charge on any atom is 0.276 e. The minimum Gasteiger partial charge on any atom is -0.267 e. The number of hydrazine groups is 1. The van der Waals surface area contributed by atoms with Gasteiger partial charge in [-0.2, -0.15) is 5.01 Å². The van der Waals surface area contributed by atoms with Crippen molar-refractivity contribution in [1.82, 2.24) is 40.0 Å². The molecule has 0 radical (unpaired) electrons. The van der Waals surface area contributed by atoms with Gasteiger partial charge < -0.3 is 0 Å². The number of carbonyl (C=O) groups excluding carboxylic acids is 2. The molecule has 2 amide bonds. The molecule has 3 heterocycles. The third kappa shape index (κ3) is 8.24. The SMILES string of the molecule is CCCCCCCCn1cc(CN(Cc2cn(CCCCCCCC)nn2)N2C(=O)c3cccc4c(Br)ccc(c34)C2=O)nn1. The molecule has 10 nitrogen and oxygen atoms in total. The van der Waals surface area contributed by atoms with E-state index in [1.807, 2.05) is 40.0 Å². The first-order valence-corrected chi connectivity index (χ1v) is 17.4. The summed E-state index contributed by atoms with van der Waals surface area (Å²) in [7, 11) is 0. The molecule has 5 rings (SSSR count). The van der Waals surface area contributed by atoms with Crippen molar-refractivity contribution in [3.8, 4) is 0 Å². The summed E-state index contributed by atoms with van der Waals surface area (Å²) in [6.07, 6.45) is 18.2. The van der Waals surface area contributed by atoms with E-state index in [0.717, 1.165) is 48.6 Å². The van der Waals surface area contributed by atoms with Gasteiger partial charge in [-0.15, -0.1) is 10.2 Å². The van der Waals surface area contributed by atoms with Gasteiger partial charge in [0.2, 0.25) is 0 Å². The van der Waals surface area contributed by atoms with Crippen molar-refractivity contribution in [1.29, 1.82) is 0 Å². The average molecular weight is 678 g/mol. The number of aryl methyl sites for hydroxylation is 2. The van der Waals surface area contributed by atoms with Crippen LogP contribution < -0.4 is 0 Å². The molecule has 0 saturated heterocycles. The second-order valence-corrected chi connectivity index (χ2v) is 12.9. The first-order valence-electron chi connectivity index (χ1n) is 16.6. The van der Waals surface area contributed by atoms with Crippen LogP contribution in [0.15, 0.2) is 47.2 Å². The summed E-state index contributed by atoms with van der Waals surface area (Å²) in [4.78, 5) is 28.0. The molecule has 0 bridgehead atoms. The van der Waals surface area contributed by atoms with Gasteiger partial charge >= 0.3 is 0 Å². The van der Waals surface area contributed by atoms with Gasteiger partial charge in [0.1, 0.15) is 0 Å². The van der Waals surface area contributed by atoms with E-state index in [1.165, 1.54) is 56.4 Å². The molecule has 0 unspecified atom stereocenters. The molecule has 0 N–H and O–H groups in total. The van der Waals surface area contributed by atoms with Gasteiger partial charge in [0, 0.05) is 35.3 Å². The predicted molar refractivity (Wildman–Crippen MR) is 178 cm³/mol. The van der Waals surface area contributed by atoms with E-state index >= 15 is 0 Å². The van der Waals surface area contributed by atoms with Crippen LogP contribution in [0.2, 0.25) is 0 Å². The molecular formula is C34H45BrN8O2.